The lowest BCUT2D eigenvalue weighted by Crippen LogP contribution is -2.39. The first-order valence-corrected chi connectivity index (χ1v) is 6.88. The van der Waals surface area contributed by atoms with Gasteiger partial charge in [0.15, 0.2) is 5.78 Å². The lowest BCUT2D eigenvalue weighted by Gasteiger charge is -2.19. The molecule has 1 aliphatic heterocycles. The Hall–Kier alpha value is -2.43. The first kappa shape index (κ1) is 15.0. The van der Waals surface area contributed by atoms with Crippen LogP contribution in [0.2, 0.25) is 0 Å². The summed E-state index contributed by atoms with van der Waals surface area (Å²) >= 11 is 0. The number of amides is 1. The number of carbonyl (C=O) groups excluding carboxylic acids is 2. The summed E-state index contributed by atoms with van der Waals surface area (Å²) in [6.07, 6.45) is 4.09. The first-order valence-electron chi connectivity index (χ1n) is 6.88. The number of aliphatic carboxylic acids is 1. The molecule has 0 aliphatic carbocycles. The minimum absolute atomic E-state index is 0.0733. The Kier molecular flexibility index (Phi) is 4.87. The maximum Gasteiger partial charge on any atom is 0.326 e. The van der Waals surface area contributed by atoms with Gasteiger partial charge in [-0.05, 0) is 18.9 Å². The molecule has 5 heteroatoms. The van der Waals surface area contributed by atoms with Crippen LogP contribution >= 0.6 is 0 Å². The molecule has 21 heavy (non-hydrogen) atoms. The molecule has 0 aromatic heterocycles. The van der Waals surface area contributed by atoms with Crippen molar-refractivity contribution >= 4 is 17.7 Å². The van der Waals surface area contributed by atoms with Gasteiger partial charge in [-0.2, -0.15) is 0 Å². The molecule has 1 heterocycles. The van der Waals surface area contributed by atoms with Crippen LogP contribution in [0.3, 0.4) is 0 Å². The zero-order valence-corrected chi connectivity index (χ0v) is 11.6. The van der Waals surface area contributed by atoms with E-state index in [4.69, 9.17) is 5.11 Å². The summed E-state index contributed by atoms with van der Waals surface area (Å²) in [7, 11) is 0. The smallest absolute Gasteiger partial charge is 0.326 e. The van der Waals surface area contributed by atoms with Crippen LogP contribution in [-0.4, -0.2) is 40.3 Å². The van der Waals surface area contributed by atoms with Gasteiger partial charge in [0.05, 0.1) is 0 Å². The highest BCUT2D eigenvalue weighted by atomic mass is 16.4. The van der Waals surface area contributed by atoms with E-state index in [0.717, 1.165) is 0 Å². The highest BCUT2D eigenvalue weighted by Crippen LogP contribution is 2.17. The van der Waals surface area contributed by atoms with Gasteiger partial charge in [-0.3, -0.25) is 9.59 Å². The van der Waals surface area contributed by atoms with Crippen molar-refractivity contribution in [3.8, 4) is 0 Å². The standard InChI is InChI=1S/C16H17NO4/c18-14(12-6-2-1-3-7-12)9-4-10-15(19)17-11-5-8-13(17)16(20)21/h1-4,6-7,10,13H,5,8-9,11H2,(H,20,21)/t13-/m0/s1. The van der Waals surface area contributed by atoms with Gasteiger partial charge in [-0.1, -0.05) is 36.4 Å². The van der Waals surface area contributed by atoms with E-state index in [9.17, 15) is 14.4 Å². The number of carbonyl (C=O) groups is 3. The molecule has 1 N–H and O–H groups in total. The minimum Gasteiger partial charge on any atom is -0.480 e. The Balaban J connectivity index is 1.91. The van der Waals surface area contributed by atoms with E-state index < -0.39 is 12.0 Å². The molecule has 1 atom stereocenters. The molecule has 1 saturated heterocycles. The quantitative estimate of drug-likeness (QED) is 0.663. The number of rotatable bonds is 5. The molecule has 2 rings (SSSR count). The topological polar surface area (TPSA) is 74.7 Å². The van der Waals surface area contributed by atoms with Crippen LogP contribution in [0, 0.1) is 0 Å². The molecule has 0 spiro atoms. The van der Waals surface area contributed by atoms with Crippen LogP contribution in [0.1, 0.15) is 29.6 Å². The average molecular weight is 287 g/mol. The molecule has 110 valence electrons. The number of carboxylic acid groups (broad SMARTS) is 1. The second-order valence-electron chi connectivity index (χ2n) is 4.92. The highest BCUT2D eigenvalue weighted by Gasteiger charge is 2.32. The lowest BCUT2D eigenvalue weighted by atomic mass is 10.1. The number of benzene rings is 1. The summed E-state index contributed by atoms with van der Waals surface area (Å²) < 4.78 is 0. The third-order valence-electron chi connectivity index (χ3n) is 3.48. The third-order valence-corrected chi connectivity index (χ3v) is 3.48. The Morgan fingerprint density at radius 2 is 1.95 bits per heavy atom. The number of carboxylic acids is 1. The fourth-order valence-electron chi connectivity index (χ4n) is 2.39. The number of nitrogens with zero attached hydrogens (tertiary/aromatic N) is 1. The molecular formula is C16H17NO4. The van der Waals surface area contributed by atoms with Crippen molar-refractivity contribution in [2.45, 2.75) is 25.3 Å². The number of Topliss-reactive ketones (excluding diaryl/α,β-unsaturated/α-hetero) is 1. The first-order chi connectivity index (χ1) is 10.1. The second-order valence-corrected chi connectivity index (χ2v) is 4.92. The van der Waals surface area contributed by atoms with Gasteiger partial charge in [-0.25, -0.2) is 4.79 Å². The van der Waals surface area contributed by atoms with E-state index in [-0.39, 0.29) is 18.1 Å². The maximum atomic E-state index is 11.9. The van der Waals surface area contributed by atoms with Crippen LogP contribution in [-0.2, 0) is 9.59 Å². The predicted octanol–water partition coefficient (Wildman–Crippen LogP) is 1.89. The zero-order valence-electron chi connectivity index (χ0n) is 11.6. The van der Waals surface area contributed by atoms with Crippen molar-refractivity contribution in [2.24, 2.45) is 0 Å². The average Bonchev–Trinajstić information content (AvgIpc) is 2.97. The van der Waals surface area contributed by atoms with Crippen LogP contribution in [0.4, 0.5) is 0 Å². The van der Waals surface area contributed by atoms with E-state index in [1.54, 1.807) is 24.3 Å². The predicted molar refractivity (Wildman–Crippen MR) is 76.9 cm³/mol. The fourth-order valence-corrected chi connectivity index (χ4v) is 2.39. The Morgan fingerprint density at radius 1 is 1.24 bits per heavy atom. The van der Waals surface area contributed by atoms with Gasteiger partial charge in [0.25, 0.3) is 0 Å². The van der Waals surface area contributed by atoms with Gasteiger partial charge in [0.1, 0.15) is 6.04 Å². The number of hydrogen-bond acceptors (Lipinski definition) is 3. The normalized spacial score (nSPS) is 18.1. The minimum atomic E-state index is -0.977. The summed E-state index contributed by atoms with van der Waals surface area (Å²) in [5, 5.41) is 9.02. The van der Waals surface area contributed by atoms with E-state index in [2.05, 4.69) is 0 Å². The Morgan fingerprint density at radius 3 is 2.62 bits per heavy atom. The summed E-state index contributed by atoms with van der Waals surface area (Å²) in [6.45, 7) is 0.451. The van der Waals surface area contributed by atoms with Gasteiger partial charge < -0.3 is 10.0 Å². The summed E-state index contributed by atoms with van der Waals surface area (Å²) in [5.74, 6) is -1.40. The highest BCUT2D eigenvalue weighted by molar-refractivity contribution is 5.98. The second kappa shape index (κ2) is 6.83. The van der Waals surface area contributed by atoms with E-state index in [1.807, 2.05) is 6.07 Å². The summed E-state index contributed by atoms with van der Waals surface area (Å²) in [5.41, 5.74) is 0.596. The number of hydrogen-bond donors (Lipinski definition) is 1. The molecule has 1 amide bonds. The van der Waals surface area contributed by atoms with Gasteiger partial charge >= 0.3 is 5.97 Å². The van der Waals surface area contributed by atoms with Crippen molar-refractivity contribution in [3.05, 3.63) is 48.0 Å². The molecule has 1 fully saturated rings. The number of ketones is 1. The molecule has 1 aromatic rings. The summed E-state index contributed by atoms with van der Waals surface area (Å²) in [4.78, 5) is 36.1. The van der Waals surface area contributed by atoms with Crippen LogP contribution in [0.5, 0.6) is 0 Å². The molecule has 0 radical (unpaired) electrons. The molecule has 1 aromatic carbocycles. The SMILES string of the molecule is O=C(CC=CC(=O)N1CCC[C@H]1C(=O)O)c1ccccc1. The molecular weight excluding hydrogens is 270 g/mol. The van der Waals surface area contributed by atoms with Crippen molar-refractivity contribution in [1.82, 2.24) is 4.90 Å². The van der Waals surface area contributed by atoms with Gasteiger partial charge in [-0.15, -0.1) is 0 Å². The summed E-state index contributed by atoms with van der Waals surface area (Å²) in [6, 6.07) is 8.09. The van der Waals surface area contributed by atoms with E-state index in [1.165, 1.54) is 17.1 Å². The monoisotopic (exact) mass is 287 g/mol. The zero-order chi connectivity index (χ0) is 15.2. The van der Waals surface area contributed by atoms with Crippen LogP contribution in [0.15, 0.2) is 42.5 Å². The fraction of sp³-hybridized carbons (Fsp3) is 0.312. The van der Waals surface area contributed by atoms with Crippen LogP contribution in [0.25, 0.3) is 0 Å². The van der Waals surface area contributed by atoms with Crippen molar-refractivity contribution in [2.75, 3.05) is 6.54 Å². The van der Waals surface area contributed by atoms with E-state index in [0.29, 0.717) is 24.9 Å². The van der Waals surface area contributed by atoms with Gasteiger partial charge in [0.2, 0.25) is 5.91 Å². The number of allylic oxidation sites excluding steroid dienone is 1. The molecule has 0 unspecified atom stereocenters. The largest absolute Gasteiger partial charge is 0.480 e. The molecule has 1 aliphatic rings. The Labute approximate surface area is 122 Å². The van der Waals surface area contributed by atoms with Crippen molar-refractivity contribution in [3.63, 3.8) is 0 Å². The molecule has 0 bridgehead atoms. The van der Waals surface area contributed by atoms with Crippen molar-refractivity contribution in [1.29, 1.82) is 0 Å². The van der Waals surface area contributed by atoms with Crippen LogP contribution < -0.4 is 0 Å². The molecule has 0 saturated carbocycles. The number of likely N-dealkylation sites (tertiary alicyclic amines) is 1. The van der Waals surface area contributed by atoms with Gasteiger partial charge in [0, 0.05) is 18.5 Å². The maximum absolute atomic E-state index is 11.9. The van der Waals surface area contributed by atoms with Crippen molar-refractivity contribution < 1.29 is 19.5 Å². The molecule has 5 nitrogen and oxygen atoms in total. The lowest BCUT2D eigenvalue weighted by molar-refractivity contribution is -0.146. The third kappa shape index (κ3) is 3.78. The van der Waals surface area contributed by atoms with E-state index >= 15 is 0 Å². The Bertz CT molecular complexity index is 565.